The summed E-state index contributed by atoms with van der Waals surface area (Å²) < 4.78 is -0.702. The van der Waals surface area contributed by atoms with Crippen LogP contribution in [0.4, 0.5) is 11.4 Å². The molecule has 3 aromatic carbocycles. The highest BCUT2D eigenvalue weighted by molar-refractivity contribution is 9.09. The van der Waals surface area contributed by atoms with Gasteiger partial charge in [-0.15, -0.1) is 11.8 Å². The molecule has 3 heterocycles. The monoisotopic (exact) mass is 621 g/mol. The minimum Gasteiger partial charge on any atom is -0.396 e. The van der Waals surface area contributed by atoms with Crippen LogP contribution < -0.4 is 10.6 Å². The van der Waals surface area contributed by atoms with E-state index in [-0.39, 0.29) is 34.4 Å². The van der Waals surface area contributed by atoms with Gasteiger partial charge in [-0.05, 0) is 60.7 Å². The third kappa shape index (κ3) is 4.72. The standard InChI is InChI=1S/C31H32BrN3O4S/c32-23-18-31-25(24(26(23)40-31)28(37)33-21-11-3-1-4-12-21)30(39)35(15-7-2-8-16-36)27(31)29(38)34-22-14-13-19-9-5-6-10-20(19)17-22/h1,3-6,9-14,17,23-27,36H,2,7-8,15-16,18H2,(H,33,37)(H,34,38)/t23?,24-,25-,26-,27?,31?/m0/s1. The fraction of sp³-hybridized carbons (Fsp3) is 0.387. The van der Waals surface area contributed by atoms with Crippen molar-refractivity contribution >= 4 is 67.6 Å². The number of unbranched alkanes of at least 4 members (excludes halogenated alkanes) is 2. The van der Waals surface area contributed by atoms with Crippen LogP contribution in [0.2, 0.25) is 0 Å². The molecule has 3 unspecified atom stereocenters. The van der Waals surface area contributed by atoms with Gasteiger partial charge in [-0.3, -0.25) is 14.4 Å². The van der Waals surface area contributed by atoms with Crippen LogP contribution in [0, 0.1) is 11.8 Å². The maximum Gasteiger partial charge on any atom is 0.248 e. The first-order valence-corrected chi connectivity index (χ1v) is 15.6. The zero-order valence-corrected chi connectivity index (χ0v) is 24.4. The number of carbonyl (C=O) groups is 3. The van der Waals surface area contributed by atoms with E-state index in [2.05, 4.69) is 26.6 Å². The van der Waals surface area contributed by atoms with Crippen molar-refractivity contribution in [1.29, 1.82) is 0 Å². The van der Waals surface area contributed by atoms with E-state index in [1.54, 1.807) is 16.7 Å². The predicted octanol–water partition coefficient (Wildman–Crippen LogP) is 5.04. The number of alkyl halides is 1. The zero-order chi connectivity index (χ0) is 27.9. The second-order valence-corrected chi connectivity index (χ2v) is 13.6. The van der Waals surface area contributed by atoms with Crippen LogP contribution in [0.1, 0.15) is 25.7 Å². The zero-order valence-electron chi connectivity index (χ0n) is 22.0. The Bertz CT molecular complexity index is 1440. The van der Waals surface area contributed by atoms with Crippen molar-refractivity contribution in [1.82, 2.24) is 4.90 Å². The number of nitrogens with one attached hydrogen (secondary N) is 2. The van der Waals surface area contributed by atoms with Gasteiger partial charge in [-0.2, -0.15) is 0 Å². The van der Waals surface area contributed by atoms with Crippen LogP contribution in [0.5, 0.6) is 0 Å². The number of likely N-dealkylation sites (tertiary alicyclic amines) is 1. The van der Waals surface area contributed by atoms with E-state index in [0.29, 0.717) is 37.2 Å². The van der Waals surface area contributed by atoms with Gasteiger partial charge in [-0.25, -0.2) is 0 Å². The van der Waals surface area contributed by atoms with Crippen LogP contribution in [-0.2, 0) is 14.4 Å². The van der Waals surface area contributed by atoms with Crippen molar-refractivity contribution in [3.05, 3.63) is 72.8 Å². The molecule has 0 radical (unpaired) electrons. The summed E-state index contributed by atoms with van der Waals surface area (Å²) in [6.07, 6.45) is 2.72. The number of halogens is 1. The number of hydrogen-bond acceptors (Lipinski definition) is 5. The van der Waals surface area contributed by atoms with Crippen molar-refractivity contribution in [3.63, 3.8) is 0 Å². The number of thioether (sulfide) groups is 1. The first kappa shape index (κ1) is 27.3. The van der Waals surface area contributed by atoms with Gasteiger partial charge >= 0.3 is 0 Å². The van der Waals surface area contributed by atoms with Crippen molar-refractivity contribution in [2.75, 3.05) is 23.8 Å². The predicted molar refractivity (Wildman–Crippen MR) is 163 cm³/mol. The van der Waals surface area contributed by atoms with Crippen LogP contribution in [0.25, 0.3) is 10.8 Å². The van der Waals surface area contributed by atoms with Gasteiger partial charge in [-0.1, -0.05) is 64.5 Å². The van der Waals surface area contributed by atoms with E-state index >= 15 is 0 Å². The molecule has 0 aromatic heterocycles. The Morgan fingerprint density at radius 1 is 0.925 bits per heavy atom. The van der Waals surface area contributed by atoms with Crippen LogP contribution in [-0.4, -0.2) is 61.7 Å². The van der Waals surface area contributed by atoms with Gasteiger partial charge in [0.05, 0.1) is 16.6 Å². The van der Waals surface area contributed by atoms with Crippen LogP contribution in [0.3, 0.4) is 0 Å². The fourth-order valence-corrected chi connectivity index (χ4v) is 10.4. The summed E-state index contributed by atoms with van der Waals surface area (Å²) >= 11 is 5.45. The smallest absolute Gasteiger partial charge is 0.248 e. The largest absolute Gasteiger partial charge is 0.396 e. The highest BCUT2D eigenvalue weighted by Crippen LogP contribution is 2.67. The Morgan fingerprint density at radius 3 is 2.42 bits per heavy atom. The summed E-state index contributed by atoms with van der Waals surface area (Å²) in [7, 11) is 0. The van der Waals surface area contributed by atoms with Gasteiger partial charge in [0.1, 0.15) is 6.04 Å². The first-order valence-electron chi connectivity index (χ1n) is 13.8. The fourth-order valence-electron chi connectivity index (χ4n) is 6.77. The summed E-state index contributed by atoms with van der Waals surface area (Å²) in [4.78, 5) is 43.7. The Morgan fingerprint density at radius 2 is 1.65 bits per heavy atom. The molecule has 3 aromatic rings. The first-order chi connectivity index (χ1) is 19.4. The average Bonchev–Trinajstić information content (AvgIpc) is 3.55. The molecule has 3 fully saturated rings. The summed E-state index contributed by atoms with van der Waals surface area (Å²) in [5.74, 6) is -1.64. The molecule has 7 nitrogen and oxygen atoms in total. The number of hydrogen-bond donors (Lipinski definition) is 3. The number of aliphatic hydroxyl groups excluding tert-OH is 1. The highest BCUT2D eigenvalue weighted by Gasteiger charge is 2.75. The van der Waals surface area contributed by atoms with Crippen LogP contribution >= 0.6 is 27.7 Å². The lowest BCUT2D eigenvalue weighted by Crippen LogP contribution is -2.52. The van der Waals surface area contributed by atoms with Gasteiger partial charge < -0.3 is 20.6 Å². The molecule has 3 aliphatic heterocycles. The molecule has 9 heteroatoms. The van der Waals surface area contributed by atoms with E-state index in [4.69, 9.17) is 0 Å². The molecule has 3 saturated heterocycles. The number of para-hydroxylation sites is 1. The Kier molecular flexibility index (Phi) is 7.63. The van der Waals surface area contributed by atoms with Gasteiger partial charge in [0, 0.05) is 34.6 Å². The number of anilines is 2. The minimum atomic E-state index is -0.702. The highest BCUT2D eigenvalue weighted by atomic mass is 79.9. The molecule has 40 heavy (non-hydrogen) atoms. The molecule has 0 aliphatic carbocycles. The number of aliphatic hydroxyl groups is 1. The number of nitrogens with zero attached hydrogens (tertiary/aromatic N) is 1. The second-order valence-electron chi connectivity index (χ2n) is 10.9. The molecule has 3 N–H and O–H groups in total. The summed E-state index contributed by atoms with van der Waals surface area (Å²) in [6, 6.07) is 22.4. The third-order valence-electron chi connectivity index (χ3n) is 8.46. The van der Waals surface area contributed by atoms with E-state index < -0.39 is 22.6 Å². The lowest BCUT2D eigenvalue weighted by atomic mass is 9.70. The quantitative estimate of drug-likeness (QED) is 0.230. The molecular weight excluding hydrogens is 590 g/mol. The molecule has 3 amide bonds. The van der Waals surface area contributed by atoms with E-state index in [1.807, 2.05) is 72.8 Å². The van der Waals surface area contributed by atoms with Crippen molar-refractivity contribution in [2.45, 2.75) is 46.5 Å². The Hall–Kier alpha value is -2.88. The molecule has 6 rings (SSSR count). The average molecular weight is 623 g/mol. The van der Waals surface area contributed by atoms with Gasteiger partial charge in [0.15, 0.2) is 0 Å². The second kappa shape index (κ2) is 11.2. The molecule has 3 aliphatic rings. The van der Waals surface area contributed by atoms with Crippen molar-refractivity contribution < 1.29 is 19.5 Å². The maximum atomic E-state index is 14.1. The summed E-state index contributed by atoms with van der Waals surface area (Å²) in [5, 5.41) is 17.4. The third-order valence-corrected chi connectivity index (χ3v) is 11.7. The molecule has 6 atom stereocenters. The van der Waals surface area contributed by atoms with E-state index in [0.717, 1.165) is 17.2 Å². The maximum absolute atomic E-state index is 14.1. The number of amides is 3. The minimum absolute atomic E-state index is 0.0124. The van der Waals surface area contributed by atoms with Crippen molar-refractivity contribution in [3.8, 4) is 0 Å². The summed E-state index contributed by atoms with van der Waals surface area (Å²) in [6.45, 7) is 0.509. The molecule has 1 spiro atoms. The lowest BCUT2D eigenvalue weighted by molar-refractivity contribution is -0.138. The SMILES string of the molecule is O=C(Nc1ccc2ccccc2c1)C1N(CCCCCO)C(=O)[C@@H]2[C@H](C(=O)Nc3ccccc3)[C@H]3SC12CC3Br. The van der Waals surface area contributed by atoms with E-state index in [9.17, 15) is 19.5 Å². The molecule has 208 valence electrons. The number of fused-ring (bicyclic) bond motifs is 2. The van der Waals surface area contributed by atoms with Gasteiger partial charge in [0.25, 0.3) is 0 Å². The molecular formula is C31H32BrN3O4S. The van der Waals surface area contributed by atoms with Crippen LogP contribution in [0.15, 0.2) is 72.8 Å². The number of benzene rings is 3. The molecule has 0 saturated carbocycles. The van der Waals surface area contributed by atoms with Crippen molar-refractivity contribution in [2.24, 2.45) is 11.8 Å². The Labute approximate surface area is 246 Å². The van der Waals surface area contributed by atoms with E-state index in [1.165, 1.54) is 0 Å². The number of carbonyl (C=O) groups excluding carboxylic acids is 3. The lowest BCUT2D eigenvalue weighted by Gasteiger charge is -2.35. The topological polar surface area (TPSA) is 98.7 Å². The normalized spacial score (nSPS) is 28.6. The molecule has 2 bridgehead atoms. The summed E-state index contributed by atoms with van der Waals surface area (Å²) in [5.41, 5.74) is 1.37. The van der Waals surface area contributed by atoms with Gasteiger partial charge in [0.2, 0.25) is 17.7 Å². The Balaban J connectivity index is 1.32. The number of rotatable bonds is 9.